The molecule has 7 nitrogen and oxygen atoms in total. The number of carbonyl (C=O) groups is 2. The largest absolute Gasteiger partial charge is 0.377 e. The lowest BCUT2D eigenvalue weighted by Crippen LogP contribution is -2.35. The van der Waals surface area contributed by atoms with E-state index in [2.05, 4.69) is 48.5 Å². The summed E-state index contributed by atoms with van der Waals surface area (Å²) in [5.74, 6) is 0.277. The molecule has 2 aromatic rings. The predicted molar refractivity (Wildman–Crippen MR) is 134 cm³/mol. The van der Waals surface area contributed by atoms with Gasteiger partial charge in [0.15, 0.2) is 0 Å². The number of nitrogens with zero attached hydrogens (tertiary/aromatic N) is 2. The van der Waals surface area contributed by atoms with E-state index in [0.29, 0.717) is 29.4 Å². The van der Waals surface area contributed by atoms with Crippen molar-refractivity contribution in [1.29, 1.82) is 0 Å². The van der Waals surface area contributed by atoms with Gasteiger partial charge in [-0.25, -0.2) is 4.79 Å². The number of nitrogens with one attached hydrogen (secondary N) is 3. The number of rotatable bonds is 10. The van der Waals surface area contributed by atoms with Gasteiger partial charge in [-0.3, -0.25) is 4.79 Å². The van der Waals surface area contributed by atoms with Crippen molar-refractivity contribution in [1.82, 2.24) is 10.2 Å². The van der Waals surface area contributed by atoms with Gasteiger partial charge in [0.2, 0.25) is 0 Å². The molecule has 0 aliphatic carbocycles. The van der Waals surface area contributed by atoms with Gasteiger partial charge < -0.3 is 25.8 Å². The van der Waals surface area contributed by atoms with Crippen LogP contribution in [0.5, 0.6) is 0 Å². The van der Waals surface area contributed by atoms with Gasteiger partial charge in [0.1, 0.15) is 0 Å². The highest BCUT2D eigenvalue weighted by atomic mass is 16.2. The number of anilines is 3. The Kier molecular flexibility index (Phi) is 9.53. The van der Waals surface area contributed by atoms with Crippen LogP contribution in [-0.4, -0.2) is 57.1 Å². The minimum atomic E-state index is -0.354. The smallest absolute Gasteiger partial charge is 0.323 e. The van der Waals surface area contributed by atoms with Crippen LogP contribution in [0.25, 0.3) is 0 Å². The summed E-state index contributed by atoms with van der Waals surface area (Å²) >= 11 is 0. The first-order valence-electron chi connectivity index (χ1n) is 11.2. The molecule has 0 radical (unpaired) electrons. The highest BCUT2D eigenvalue weighted by molar-refractivity contribution is 6.03. The van der Waals surface area contributed by atoms with Crippen LogP contribution in [0.1, 0.15) is 49.5 Å². The van der Waals surface area contributed by atoms with E-state index >= 15 is 0 Å². The van der Waals surface area contributed by atoms with Crippen molar-refractivity contribution in [2.24, 2.45) is 0 Å². The fourth-order valence-corrected chi connectivity index (χ4v) is 3.39. The second-order valence-corrected chi connectivity index (χ2v) is 8.26. The fourth-order valence-electron chi connectivity index (χ4n) is 3.39. The normalized spacial score (nSPS) is 10.9. The van der Waals surface area contributed by atoms with E-state index in [9.17, 15) is 9.59 Å². The number of likely N-dealkylation sites (N-methyl/N-ethyl adjacent to an activating group) is 1. The van der Waals surface area contributed by atoms with E-state index < -0.39 is 0 Å². The average molecular weight is 440 g/mol. The maximum absolute atomic E-state index is 12.9. The summed E-state index contributed by atoms with van der Waals surface area (Å²) in [6.07, 6.45) is 0. The van der Waals surface area contributed by atoms with Gasteiger partial charge in [-0.05, 0) is 54.9 Å². The molecule has 2 rings (SSSR count). The Hall–Kier alpha value is -3.06. The molecule has 0 bridgehead atoms. The van der Waals surface area contributed by atoms with E-state index in [1.165, 1.54) is 5.56 Å². The third-order valence-electron chi connectivity index (χ3n) is 5.42. The van der Waals surface area contributed by atoms with E-state index in [1.807, 2.05) is 49.3 Å². The van der Waals surface area contributed by atoms with Crippen molar-refractivity contribution in [3.05, 3.63) is 53.6 Å². The summed E-state index contributed by atoms with van der Waals surface area (Å²) in [7, 11) is 3.78. The Morgan fingerprint density at radius 2 is 1.50 bits per heavy atom. The van der Waals surface area contributed by atoms with Gasteiger partial charge in [-0.15, -0.1) is 0 Å². The van der Waals surface area contributed by atoms with Gasteiger partial charge in [0, 0.05) is 44.2 Å². The van der Waals surface area contributed by atoms with Crippen molar-refractivity contribution >= 4 is 29.0 Å². The van der Waals surface area contributed by atoms with Crippen LogP contribution in [0.3, 0.4) is 0 Å². The maximum Gasteiger partial charge on any atom is 0.323 e. The van der Waals surface area contributed by atoms with E-state index in [4.69, 9.17) is 0 Å². The molecule has 7 heteroatoms. The molecule has 0 aliphatic rings. The van der Waals surface area contributed by atoms with E-state index in [0.717, 1.165) is 25.3 Å². The van der Waals surface area contributed by atoms with Crippen LogP contribution in [0.4, 0.5) is 21.9 Å². The lowest BCUT2D eigenvalue weighted by atomic mass is 10.0. The summed E-state index contributed by atoms with van der Waals surface area (Å²) < 4.78 is 0. The first kappa shape index (κ1) is 25.2. The minimum Gasteiger partial charge on any atom is -0.377 e. The topological polar surface area (TPSA) is 76.7 Å². The monoisotopic (exact) mass is 439 g/mol. The molecule has 0 atom stereocenters. The molecule has 0 fully saturated rings. The Morgan fingerprint density at radius 3 is 2.06 bits per heavy atom. The molecule has 0 aliphatic heterocycles. The van der Waals surface area contributed by atoms with Crippen molar-refractivity contribution < 1.29 is 9.59 Å². The molecular formula is C25H37N5O2. The third-order valence-corrected chi connectivity index (χ3v) is 5.42. The molecule has 2 aromatic carbocycles. The first-order valence-corrected chi connectivity index (χ1v) is 11.2. The van der Waals surface area contributed by atoms with Gasteiger partial charge >= 0.3 is 6.03 Å². The Labute approximate surface area is 192 Å². The van der Waals surface area contributed by atoms with Gasteiger partial charge in [0.25, 0.3) is 5.91 Å². The summed E-state index contributed by atoms with van der Waals surface area (Å²) in [6, 6.07) is 12.8. The summed E-state index contributed by atoms with van der Waals surface area (Å²) in [5.41, 5.74) is 3.80. The standard InChI is InChI=1S/C25H37N5O2/c1-7-30(8-2)16-15-26-24(31)22-17-21(13-14-23(22)29(5)6)28-25(32)27-20-11-9-19(10-12-20)18(3)4/h9-14,17-18H,7-8,15-16H2,1-6H3,(H,26,31)(H2,27,28,32). The van der Waals surface area contributed by atoms with Crippen LogP contribution in [0, 0.1) is 0 Å². The molecule has 0 unspecified atom stereocenters. The molecule has 3 N–H and O–H groups in total. The number of carbonyl (C=O) groups excluding carboxylic acids is 2. The van der Waals surface area contributed by atoms with Gasteiger partial charge in [-0.1, -0.05) is 39.8 Å². The second-order valence-electron chi connectivity index (χ2n) is 8.26. The highest BCUT2D eigenvalue weighted by Gasteiger charge is 2.15. The molecule has 0 saturated heterocycles. The predicted octanol–water partition coefficient (Wildman–Crippen LogP) is 4.59. The first-order chi connectivity index (χ1) is 15.2. The Morgan fingerprint density at radius 1 is 0.906 bits per heavy atom. The zero-order chi connectivity index (χ0) is 23.7. The summed E-state index contributed by atoms with van der Waals surface area (Å²) in [6.45, 7) is 11.7. The Balaban J connectivity index is 2.07. The maximum atomic E-state index is 12.9. The zero-order valence-electron chi connectivity index (χ0n) is 20.2. The second kappa shape index (κ2) is 12.1. The number of hydrogen-bond acceptors (Lipinski definition) is 4. The number of benzene rings is 2. The van der Waals surface area contributed by atoms with Crippen molar-refractivity contribution in [3.8, 4) is 0 Å². The van der Waals surface area contributed by atoms with Gasteiger partial charge in [0.05, 0.1) is 5.56 Å². The van der Waals surface area contributed by atoms with Crippen LogP contribution in [-0.2, 0) is 0 Å². The zero-order valence-corrected chi connectivity index (χ0v) is 20.2. The lowest BCUT2D eigenvalue weighted by Gasteiger charge is -2.20. The van der Waals surface area contributed by atoms with Crippen LogP contribution >= 0.6 is 0 Å². The van der Waals surface area contributed by atoms with Crippen molar-refractivity contribution in [2.45, 2.75) is 33.6 Å². The van der Waals surface area contributed by atoms with Crippen LogP contribution in [0.2, 0.25) is 0 Å². The number of hydrogen-bond donors (Lipinski definition) is 3. The molecule has 32 heavy (non-hydrogen) atoms. The molecule has 0 aromatic heterocycles. The lowest BCUT2D eigenvalue weighted by molar-refractivity contribution is 0.0949. The number of urea groups is 1. The molecular weight excluding hydrogens is 402 g/mol. The SMILES string of the molecule is CCN(CC)CCNC(=O)c1cc(NC(=O)Nc2ccc(C(C)C)cc2)ccc1N(C)C. The molecule has 174 valence electrons. The summed E-state index contributed by atoms with van der Waals surface area (Å²) in [5, 5.41) is 8.65. The molecule has 0 heterocycles. The third kappa shape index (κ3) is 7.27. The molecule has 0 spiro atoms. The fraction of sp³-hybridized carbons (Fsp3) is 0.440. The average Bonchev–Trinajstić information content (AvgIpc) is 2.76. The quantitative estimate of drug-likeness (QED) is 0.506. The van der Waals surface area contributed by atoms with Crippen molar-refractivity contribution in [2.75, 3.05) is 55.8 Å². The van der Waals surface area contributed by atoms with E-state index in [-0.39, 0.29) is 11.9 Å². The highest BCUT2D eigenvalue weighted by Crippen LogP contribution is 2.23. The Bertz CT molecular complexity index is 890. The number of amides is 3. The minimum absolute atomic E-state index is 0.158. The van der Waals surface area contributed by atoms with Crippen LogP contribution < -0.4 is 20.9 Å². The molecule has 0 saturated carbocycles. The van der Waals surface area contributed by atoms with Gasteiger partial charge in [-0.2, -0.15) is 0 Å². The van der Waals surface area contributed by atoms with E-state index in [1.54, 1.807) is 12.1 Å². The van der Waals surface area contributed by atoms with Crippen LogP contribution in [0.15, 0.2) is 42.5 Å². The molecule has 3 amide bonds. The van der Waals surface area contributed by atoms with Crippen molar-refractivity contribution in [3.63, 3.8) is 0 Å². The summed E-state index contributed by atoms with van der Waals surface area (Å²) in [4.78, 5) is 29.5.